The number of hydrogen-bond acceptors (Lipinski definition) is 6. The van der Waals surface area contributed by atoms with E-state index in [4.69, 9.17) is 4.74 Å². The van der Waals surface area contributed by atoms with Crippen LogP contribution in [0.4, 0.5) is 5.69 Å². The van der Waals surface area contributed by atoms with Gasteiger partial charge in [-0.2, -0.15) is 0 Å². The number of allylic oxidation sites excluding steroid dienone is 4. The SMILES string of the molecule is CNc1ccc([C@H]2C[C@@]3(C)[C@@H](CC[C@]3(C#CCO)C(=O)COC(C)=O)[C@@H]3CCC4=CC(=O)CCC4=C32)cc1. The second-order valence-electron chi connectivity index (χ2n) is 11.5. The van der Waals surface area contributed by atoms with E-state index in [-0.39, 0.29) is 36.6 Å². The summed E-state index contributed by atoms with van der Waals surface area (Å²) in [5.41, 5.74) is 4.80. The number of hydrogen-bond donors (Lipinski definition) is 2. The van der Waals surface area contributed by atoms with Gasteiger partial charge in [0.15, 0.2) is 18.2 Å². The summed E-state index contributed by atoms with van der Waals surface area (Å²) in [5.74, 6) is 6.25. The Hall–Kier alpha value is -3.17. The summed E-state index contributed by atoms with van der Waals surface area (Å²) in [4.78, 5) is 37.7. The van der Waals surface area contributed by atoms with Gasteiger partial charge in [0.05, 0.1) is 5.41 Å². The van der Waals surface area contributed by atoms with Gasteiger partial charge in [0.1, 0.15) is 6.61 Å². The highest BCUT2D eigenvalue weighted by Gasteiger charge is 2.65. The average molecular weight is 516 g/mol. The standard InChI is InChI=1S/C32H37NO5/c1-20(35)38-19-29(37)32(14-4-16-34)15-13-28-26-11-7-22-17-24(36)10-12-25(22)30(26)27(18-31(28,32)2)21-5-8-23(33-3)9-6-21/h5-6,8-9,17,26-28,33-34H,7,10-13,15-16,18-19H2,1-3H3/t26-,27+,28-,31-,32+/m0/s1. The van der Waals surface area contributed by atoms with Crippen LogP contribution in [0.25, 0.3) is 0 Å². The molecule has 2 N–H and O–H groups in total. The lowest BCUT2D eigenvalue weighted by atomic mass is 9.48. The van der Waals surface area contributed by atoms with Crippen LogP contribution in [0, 0.1) is 34.5 Å². The number of Topliss-reactive ketones (excluding diaryl/α,β-unsaturated/α-hetero) is 1. The fraction of sp³-hybridized carbons (Fsp3) is 0.531. The lowest BCUT2D eigenvalue weighted by molar-refractivity contribution is -0.150. The smallest absolute Gasteiger partial charge is 0.303 e. The maximum absolute atomic E-state index is 13.9. The number of carbonyl (C=O) groups is 3. The molecule has 5 rings (SSSR count). The van der Waals surface area contributed by atoms with Crippen molar-refractivity contribution in [3.05, 3.63) is 52.6 Å². The molecule has 0 unspecified atom stereocenters. The first-order valence-electron chi connectivity index (χ1n) is 13.8. The number of benzene rings is 1. The minimum absolute atomic E-state index is 0.0917. The first-order valence-corrected chi connectivity index (χ1v) is 13.8. The molecule has 1 aromatic rings. The third-order valence-corrected chi connectivity index (χ3v) is 9.79. The second-order valence-corrected chi connectivity index (χ2v) is 11.5. The zero-order valence-corrected chi connectivity index (χ0v) is 22.6. The highest BCUT2D eigenvalue weighted by molar-refractivity contribution is 5.93. The maximum atomic E-state index is 13.9. The van der Waals surface area contributed by atoms with Gasteiger partial charge in [-0.1, -0.05) is 36.5 Å². The van der Waals surface area contributed by atoms with Gasteiger partial charge < -0.3 is 15.2 Å². The molecule has 2 saturated carbocycles. The highest BCUT2D eigenvalue weighted by Crippen LogP contribution is 2.69. The molecular formula is C32H37NO5. The fourth-order valence-electron chi connectivity index (χ4n) is 8.08. The molecule has 0 bridgehead atoms. The average Bonchev–Trinajstić information content (AvgIpc) is 3.22. The normalized spacial score (nSPS) is 31.7. The molecule has 4 aliphatic carbocycles. The number of anilines is 1. The lowest BCUT2D eigenvalue weighted by Crippen LogP contribution is -2.51. The molecule has 0 aromatic heterocycles. The number of aliphatic hydroxyl groups is 1. The van der Waals surface area contributed by atoms with Gasteiger partial charge in [0.2, 0.25) is 0 Å². The van der Waals surface area contributed by atoms with Crippen LogP contribution < -0.4 is 5.32 Å². The lowest BCUT2D eigenvalue weighted by Gasteiger charge is -2.54. The van der Waals surface area contributed by atoms with Gasteiger partial charge in [0.25, 0.3) is 0 Å². The van der Waals surface area contributed by atoms with Crippen LogP contribution in [-0.4, -0.2) is 42.9 Å². The summed E-state index contributed by atoms with van der Waals surface area (Å²) in [6, 6.07) is 8.53. The largest absolute Gasteiger partial charge is 0.458 e. The number of ketones is 2. The van der Waals surface area contributed by atoms with Gasteiger partial charge in [-0.05, 0) is 90.7 Å². The molecule has 0 radical (unpaired) electrons. The van der Waals surface area contributed by atoms with Crippen molar-refractivity contribution in [1.82, 2.24) is 0 Å². The third-order valence-electron chi connectivity index (χ3n) is 9.79. The molecule has 200 valence electrons. The first-order chi connectivity index (χ1) is 18.2. The van der Waals surface area contributed by atoms with Gasteiger partial charge in [-0.15, -0.1) is 0 Å². The molecule has 0 aliphatic heterocycles. The van der Waals surface area contributed by atoms with E-state index in [1.54, 1.807) is 0 Å². The molecule has 4 aliphatic rings. The van der Waals surface area contributed by atoms with Crippen molar-refractivity contribution in [2.24, 2.45) is 22.7 Å². The van der Waals surface area contributed by atoms with Crippen LogP contribution in [0.15, 0.2) is 47.1 Å². The molecular weight excluding hydrogens is 478 g/mol. The summed E-state index contributed by atoms with van der Waals surface area (Å²) < 4.78 is 5.20. The molecule has 0 spiro atoms. The summed E-state index contributed by atoms with van der Waals surface area (Å²) in [7, 11) is 1.90. The topological polar surface area (TPSA) is 92.7 Å². The fourth-order valence-corrected chi connectivity index (χ4v) is 8.08. The molecule has 0 saturated heterocycles. The molecule has 2 fully saturated rings. The summed E-state index contributed by atoms with van der Waals surface area (Å²) in [6.45, 7) is 2.89. The number of nitrogens with one attached hydrogen (secondary N) is 1. The predicted molar refractivity (Wildman–Crippen MR) is 145 cm³/mol. The Bertz CT molecular complexity index is 1280. The van der Waals surface area contributed by atoms with E-state index in [1.807, 2.05) is 13.1 Å². The van der Waals surface area contributed by atoms with Crippen molar-refractivity contribution in [3.63, 3.8) is 0 Å². The van der Waals surface area contributed by atoms with Gasteiger partial charge in [-0.25, -0.2) is 0 Å². The van der Waals surface area contributed by atoms with Gasteiger partial charge in [-0.3, -0.25) is 14.4 Å². The van der Waals surface area contributed by atoms with Crippen LogP contribution in [0.5, 0.6) is 0 Å². The van der Waals surface area contributed by atoms with Crippen molar-refractivity contribution in [2.45, 2.75) is 64.7 Å². The van der Waals surface area contributed by atoms with Crippen molar-refractivity contribution >= 4 is 23.2 Å². The van der Waals surface area contributed by atoms with Crippen LogP contribution in [0.1, 0.15) is 70.3 Å². The first kappa shape index (κ1) is 26.4. The summed E-state index contributed by atoms with van der Waals surface area (Å²) in [5, 5.41) is 12.8. The Morgan fingerprint density at radius 2 is 1.92 bits per heavy atom. The maximum Gasteiger partial charge on any atom is 0.303 e. The van der Waals surface area contributed by atoms with Crippen LogP contribution >= 0.6 is 0 Å². The van der Waals surface area contributed by atoms with E-state index in [0.717, 1.165) is 37.8 Å². The summed E-state index contributed by atoms with van der Waals surface area (Å²) in [6.07, 6.45) is 7.21. The quantitative estimate of drug-likeness (QED) is 0.435. The van der Waals surface area contributed by atoms with Gasteiger partial charge >= 0.3 is 5.97 Å². The molecule has 0 heterocycles. The zero-order valence-electron chi connectivity index (χ0n) is 22.6. The van der Waals surface area contributed by atoms with Crippen molar-refractivity contribution in [1.29, 1.82) is 0 Å². The van der Waals surface area contributed by atoms with Crippen LogP contribution in [0.3, 0.4) is 0 Å². The van der Waals surface area contributed by atoms with Gasteiger partial charge in [0, 0.05) is 32.0 Å². The Balaban J connectivity index is 1.66. The van der Waals surface area contributed by atoms with Crippen LogP contribution in [0.2, 0.25) is 0 Å². The number of aliphatic hydroxyl groups excluding tert-OH is 1. The van der Waals surface area contributed by atoms with Crippen LogP contribution in [-0.2, 0) is 19.1 Å². The molecule has 6 heteroatoms. The Morgan fingerprint density at radius 1 is 1.16 bits per heavy atom. The Kier molecular flexibility index (Phi) is 7.09. The number of carbonyl (C=O) groups excluding carboxylic acids is 3. The minimum atomic E-state index is -0.992. The third kappa shape index (κ3) is 4.22. The molecule has 5 atom stereocenters. The van der Waals surface area contributed by atoms with E-state index in [1.165, 1.54) is 29.2 Å². The van der Waals surface area contributed by atoms with Crippen molar-refractivity contribution < 1.29 is 24.2 Å². The summed E-state index contributed by atoms with van der Waals surface area (Å²) >= 11 is 0. The second kappa shape index (κ2) is 10.2. The molecule has 38 heavy (non-hydrogen) atoms. The molecule has 0 amide bonds. The monoisotopic (exact) mass is 515 g/mol. The van der Waals surface area contributed by atoms with E-state index >= 15 is 0 Å². The Labute approximate surface area is 224 Å². The Morgan fingerprint density at radius 3 is 2.61 bits per heavy atom. The highest BCUT2D eigenvalue weighted by atomic mass is 16.5. The molecule has 6 nitrogen and oxygen atoms in total. The van der Waals surface area contributed by atoms with E-state index in [2.05, 4.69) is 48.3 Å². The van der Waals surface area contributed by atoms with Crippen molar-refractivity contribution in [2.75, 3.05) is 25.6 Å². The number of ether oxygens (including phenoxy) is 1. The molecule has 1 aromatic carbocycles. The predicted octanol–water partition coefficient (Wildman–Crippen LogP) is 4.74. The minimum Gasteiger partial charge on any atom is -0.458 e. The van der Waals surface area contributed by atoms with E-state index < -0.39 is 16.8 Å². The zero-order chi connectivity index (χ0) is 27.1. The number of esters is 1. The number of rotatable bonds is 5. The van der Waals surface area contributed by atoms with E-state index in [9.17, 15) is 19.5 Å². The van der Waals surface area contributed by atoms with E-state index in [0.29, 0.717) is 18.8 Å². The number of fused-ring (bicyclic) bond motifs is 4. The van der Waals surface area contributed by atoms with Crippen molar-refractivity contribution in [3.8, 4) is 11.8 Å².